The molecular weight excluding hydrogens is 316 g/mol. The number of hydrogen-bond donors (Lipinski definition) is 2. The summed E-state index contributed by atoms with van der Waals surface area (Å²) in [6, 6.07) is 0.350. The van der Waals surface area contributed by atoms with Crippen LogP contribution in [0.3, 0.4) is 0 Å². The zero-order valence-electron chi connectivity index (χ0n) is 10.3. The predicted octanol–water partition coefficient (Wildman–Crippen LogP) is 1.99. The van der Waals surface area contributed by atoms with Crippen molar-refractivity contribution in [2.45, 2.75) is 25.8 Å². The lowest BCUT2D eigenvalue weighted by molar-refractivity contribution is 0.622. The van der Waals surface area contributed by atoms with Gasteiger partial charge in [0, 0.05) is 41.1 Å². The topological polar surface area (TPSA) is 66.9 Å². The van der Waals surface area contributed by atoms with E-state index in [4.69, 9.17) is 0 Å². The fraction of sp³-hybridized carbons (Fsp3) is 0.636. The first kappa shape index (κ1) is 13.7. The molecule has 1 saturated heterocycles. The summed E-state index contributed by atoms with van der Waals surface area (Å²) < 4.78 is 12.2. The lowest BCUT2D eigenvalue weighted by atomic mass is 10.1. The van der Waals surface area contributed by atoms with Crippen LogP contribution >= 0.6 is 15.9 Å². The Morgan fingerprint density at radius 1 is 1.50 bits per heavy atom. The third-order valence-corrected chi connectivity index (χ3v) is 4.77. The van der Waals surface area contributed by atoms with E-state index in [1.165, 1.54) is 0 Å². The van der Waals surface area contributed by atoms with Crippen LogP contribution < -0.4 is 10.6 Å². The second-order valence-electron chi connectivity index (χ2n) is 4.19. The molecule has 2 heterocycles. The van der Waals surface area contributed by atoms with Gasteiger partial charge in [-0.2, -0.15) is 4.98 Å². The molecule has 0 atom stereocenters. The van der Waals surface area contributed by atoms with Crippen molar-refractivity contribution in [1.82, 2.24) is 9.97 Å². The minimum atomic E-state index is -0.628. The maximum absolute atomic E-state index is 11.3. The fourth-order valence-electron chi connectivity index (χ4n) is 1.84. The van der Waals surface area contributed by atoms with Crippen LogP contribution in [-0.2, 0) is 10.8 Å². The lowest BCUT2D eigenvalue weighted by Gasteiger charge is -2.23. The van der Waals surface area contributed by atoms with Crippen molar-refractivity contribution in [2.24, 2.45) is 0 Å². The van der Waals surface area contributed by atoms with E-state index < -0.39 is 10.8 Å². The van der Waals surface area contributed by atoms with Crippen LogP contribution in [0.1, 0.15) is 19.8 Å². The minimum absolute atomic E-state index is 0.350. The van der Waals surface area contributed by atoms with Gasteiger partial charge >= 0.3 is 0 Å². The molecule has 0 bridgehead atoms. The van der Waals surface area contributed by atoms with Crippen LogP contribution in [0.25, 0.3) is 0 Å². The van der Waals surface area contributed by atoms with Crippen molar-refractivity contribution >= 4 is 38.5 Å². The Balaban J connectivity index is 2.03. The number of rotatable bonds is 4. The maximum atomic E-state index is 11.3. The first-order chi connectivity index (χ1) is 8.69. The molecule has 0 spiro atoms. The number of nitrogens with one attached hydrogen (secondary N) is 2. The van der Waals surface area contributed by atoms with Crippen LogP contribution in [0.15, 0.2) is 10.7 Å². The highest BCUT2D eigenvalue weighted by Crippen LogP contribution is 2.23. The molecule has 7 heteroatoms. The summed E-state index contributed by atoms with van der Waals surface area (Å²) in [4.78, 5) is 8.60. The predicted molar refractivity (Wildman–Crippen MR) is 78.4 cm³/mol. The highest BCUT2D eigenvalue weighted by Gasteiger charge is 2.19. The van der Waals surface area contributed by atoms with Crippen LogP contribution in [0.5, 0.6) is 0 Å². The molecule has 5 nitrogen and oxygen atoms in total. The third kappa shape index (κ3) is 3.65. The molecule has 1 aliphatic rings. The summed E-state index contributed by atoms with van der Waals surface area (Å²) in [5, 5.41) is 6.48. The van der Waals surface area contributed by atoms with Crippen molar-refractivity contribution in [3.05, 3.63) is 10.7 Å². The van der Waals surface area contributed by atoms with Gasteiger partial charge in [-0.05, 0) is 35.7 Å². The summed E-state index contributed by atoms with van der Waals surface area (Å²) in [6.45, 7) is 2.80. The molecule has 1 aromatic heterocycles. The Morgan fingerprint density at radius 3 is 2.89 bits per heavy atom. The second-order valence-corrected chi connectivity index (χ2v) is 6.74. The van der Waals surface area contributed by atoms with Gasteiger partial charge in [0.05, 0.1) is 4.47 Å². The number of anilines is 2. The van der Waals surface area contributed by atoms with Gasteiger partial charge in [-0.15, -0.1) is 0 Å². The molecular formula is C11H17BrN4OS. The van der Waals surface area contributed by atoms with Gasteiger partial charge in [-0.1, -0.05) is 0 Å². The normalized spacial score (nSPS) is 23.7. The number of hydrogen-bond acceptors (Lipinski definition) is 5. The van der Waals surface area contributed by atoms with Crippen molar-refractivity contribution in [1.29, 1.82) is 0 Å². The number of aromatic nitrogens is 2. The summed E-state index contributed by atoms with van der Waals surface area (Å²) in [6.07, 6.45) is 3.60. The zero-order valence-corrected chi connectivity index (χ0v) is 12.7. The average molecular weight is 333 g/mol. The standard InChI is InChI=1S/C11H17BrN4OS/c1-2-13-11-14-7-9(12)10(16-11)15-8-3-5-18(17)6-4-8/h7-8H,2-6H2,1H3,(H2,13,14,15,16). The highest BCUT2D eigenvalue weighted by atomic mass is 79.9. The monoisotopic (exact) mass is 332 g/mol. The molecule has 1 aliphatic heterocycles. The van der Waals surface area contributed by atoms with Gasteiger partial charge in [0.2, 0.25) is 5.95 Å². The molecule has 100 valence electrons. The van der Waals surface area contributed by atoms with Gasteiger partial charge in [0.1, 0.15) is 5.82 Å². The third-order valence-electron chi connectivity index (χ3n) is 2.81. The average Bonchev–Trinajstić information content (AvgIpc) is 2.36. The second kappa shape index (κ2) is 6.47. The van der Waals surface area contributed by atoms with Gasteiger partial charge in [0.15, 0.2) is 0 Å². The molecule has 0 radical (unpaired) electrons. The van der Waals surface area contributed by atoms with E-state index in [-0.39, 0.29) is 0 Å². The molecule has 1 aromatic rings. The molecule has 0 amide bonds. The Hall–Kier alpha value is -0.690. The minimum Gasteiger partial charge on any atom is -0.366 e. The Morgan fingerprint density at radius 2 is 2.22 bits per heavy atom. The summed E-state index contributed by atoms with van der Waals surface area (Å²) in [5.41, 5.74) is 0. The van der Waals surface area contributed by atoms with Gasteiger partial charge in [0.25, 0.3) is 0 Å². The van der Waals surface area contributed by atoms with Crippen LogP contribution in [0, 0.1) is 0 Å². The van der Waals surface area contributed by atoms with Gasteiger partial charge in [-0.3, -0.25) is 4.21 Å². The molecule has 0 saturated carbocycles. The summed E-state index contributed by atoms with van der Waals surface area (Å²) in [7, 11) is -0.628. The summed E-state index contributed by atoms with van der Waals surface area (Å²) in [5.74, 6) is 2.99. The van der Waals surface area contributed by atoms with E-state index in [1.54, 1.807) is 6.20 Å². The van der Waals surface area contributed by atoms with E-state index in [0.29, 0.717) is 12.0 Å². The van der Waals surface area contributed by atoms with E-state index in [9.17, 15) is 4.21 Å². The van der Waals surface area contributed by atoms with Crippen molar-refractivity contribution in [3.63, 3.8) is 0 Å². The zero-order chi connectivity index (χ0) is 13.0. The van der Waals surface area contributed by atoms with Crippen molar-refractivity contribution in [3.8, 4) is 0 Å². The van der Waals surface area contributed by atoms with Gasteiger partial charge < -0.3 is 10.6 Å². The molecule has 1 fully saturated rings. The number of halogens is 1. The SMILES string of the molecule is CCNc1ncc(Br)c(NC2CCS(=O)CC2)n1. The highest BCUT2D eigenvalue weighted by molar-refractivity contribution is 9.10. The largest absolute Gasteiger partial charge is 0.366 e. The van der Waals surface area contributed by atoms with E-state index in [0.717, 1.165) is 41.2 Å². The molecule has 0 unspecified atom stereocenters. The lowest BCUT2D eigenvalue weighted by Crippen LogP contribution is -2.30. The molecule has 18 heavy (non-hydrogen) atoms. The molecule has 0 aromatic carbocycles. The smallest absolute Gasteiger partial charge is 0.224 e. The Labute approximate surface area is 118 Å². The Bertz CT molecular complexity index is 433. The first-order valence-corrected chi connectivity index (χ1v) is 8.35. The molecule has 2 rings (SSSR count). The van der Waals surface area contributed by atoms with E-state index in [2.05, 4.69) is 36.5 Å². The fourth-order valence-corrected chi connectivity index (χ4v) is 3.45. The number of nitrogens with zero attached hydrogens (tertiary/aromatic N) is 2. The van der Waals surface area contributed by atoms with Crippen molar-refractivity contribution in [2.75, 3.05) is 28.7 Å². The first-order valence-electron chi connectivity index (χ1n) is 6.07. The summed E-state index contributed by atoms with van der Waals surface area (Å²) >= 11 is 3.44. The van der Waals surface area contributed by atoms with Gasteiger partial charge in [-0.25, -0.2) is 4.98 Å². The molecule has 0 aliphatic carbocycles. The van der Waals surface area contributed by atoms with Crippen LogP contribution in [0.4, 0.5) is 11.8 Å². The van der Waals surface area contributed by atoms with E-state index >= 15 is 0 Å². The van der Waals surface area contributed by atoms with E-state index in [1.807, 2.05) is 6.92 Å². The Kier molecular flexibility index (Phi) is 4.94. The van der Waals surface area contributed by atoms with Crippen LogP contribution in [-0.4, -0.2) is 38.3 Å². The molecule has 2 N–H and O–H groups in total. The van der Waals surface area contributed by atoms with Crippen LogP contribution in [0.2, 0.25) is 0 Å². The quantitative estimate of drug-likeness (QED) is 0.882. The maximum Gasteiger partial charge on any atom is 0.224 e. The van der Waals surface area contributed by atoms with Crippen molar-refractivity contribution < 1.29 is 4.21 Å².